The Balaban J connectivity index is 2.16. The number of carbonyl (C=O) groups is 2. The predicted octanol–water partition coefficient (Wildman–Crippen LogP) is 1.84. The van der Waals surface area contributed by atoms with Gasteiger partial charge in [-0.25, -0.2) is 9.78 Å². The monoisotopic (exact) mass is 280 g/mol. The Morgan fingerprint density at radius 1 is 1.37 bits per heavy atom. The number of carboxylic acid groups (broad SMARTS) is 1. The molecule has 0 aromatic carbocycles. The molecule has 0 fully saturated rings. The first-order valence-electron chi connectivity index (χ1n) is 5.26. The van der Waals surface area contributed by atoms with Gasteiger partial charge in [-0.2, -0.15) is 4.39 Å². The molecule has 2 N–H and O–H groups in total. The van der Waals surface area contributed by atoms with Gasteiger partial charge in [-0.3, -0.25) is 4.79 Å². The van der Waals surface area contributed by atoms with Crippen LogP contribution in [0.1, 0.15) is 21.3 Å². The lowest BCUT2D eigenvalue weighted by Crippen LogP contribution is -2.33. The first-order valence-corrected chi connectivity index (χ1v) is 6.14. The number of thiophene rings is 1. The second-order valence-electron chi connectivity index (χ2n) is 3.63. The van der Waals surface area contributed by atoms with Gasteiger partial charge in [0, 0.05) is 11.1 Å². The van der Waals surface area contributed by atoms with Crippen molar-refractivity contribution in [1.82, 2.24) is 10.3 Å². The number of carboxylic acids is 1. The average Bonchev–Trinajstić information content (AvgIpc) is 2.89. The van der Waals surface area contributed by atoms with Crippen molar-refractivity contribution in [3.63, 3.8) is 0 Å². The zero-order chi connectivity index (χ0) is 13.8. The number of aliphatic carboxylic acids is 1. The van der Waals surface area contributed by atoms with Crippen LogP contribution in [0.2, 0.25) is 0 Å². The van der Waals surface area contributed by atoms with E-state index in [-0.39, 0.29) is 5.56 Å². The summed E-state index contributed by atoms with van der Waals surface area (Å²) >= 11 is 1.23. The molecule has 1 unspecified atom stereocenters. The van der Waals surface area contributed by atoms with Crippen molar-refractivity contribution in [1.29, 1.82) is 0 Å². The molecule has 1 amide bonds. The third kappa shape index (κ3) is 3.14. The van der Waals surface area contributed by atoms with Crippen molar-refractivity contribution in [3.8, 4) is 0 Å². The largest absolute Gasteiger partial charge is 0.479 e. The van der Waals surface area contributed by atoms with Gasteiger partial charge in [0.05, 0.1) is 5.56 Å². The quantitative estimate of drug-likeness (QED) is 0.837. The van der Waals surface area contributed by atoms with Crippen molar-refractivity contribution in [2.45, 2.75) is 6.04 Å². The number of amides is 1. The number of nitrogens with one attached hydrogen (secondary N) is 1. The van der Waals surface area contributed by atoms with Gasteiger partial charge in [0.2, 0.25) is 5.95 Å². The van der Waals surface area contributed by atoms with Gasteiger partial charge in [-0.05, 0) is 23.6 Å². The third-order valence-electron chi connectivity index (χ3n) is 2.34. The zero-order valence-corrected chi connectivity index (χ0v) is 10.4. The Morgan fingerprint density at radius 2 is 2.16 bits per heavy atom. The maximum absolute atomic E-state index is 12.6. The summed E-state index contributed by atoms with van der Waals surface area (Å²) in [5.74, 6) is -2.48. The fraction of sp³-hybridized carbons (Fsp3) is 0.0833. The van der Waals surface area contributed by atoms with Crippen LogP contribution in [0.4, 0.5) is 4.39 Å². The second kappa shape index (κ2) is 5.57. The smallest absolute Gasteiger partial charge is 0.331 e. The topological polar surface area (TPSA) is 79.3 Å². The van der Waals surface area contributed by atoms with E-state index in [2.05, 4.69) is 10.3 Å². The van der Waals surface area contributed by atoms with E-state index in [1.807, 2.05) is 0 Å². The van der Waals surface area contributed by atoms with Gasteiger partial charge in [0.15, 0.2) is 6.04 Å². The number of hydrogen-bond acceptors (Lipinski definition) is 4. The maximum atomic E-state index is 12.6. The van der Waals surface area contributed by atoms with Crippen LogP contribution in [-0.4, -0.2) is 22.0 Å². The summed E-state index contributed by atoms with van der Waals surface area (Å²) in [4.78, 5) is 26.8. The van der Waals surface area contributed by atoms with E-state index in [4.69, 9.17) is 5.11 Å². The van der Waals surface area contributed by atoms with E-state index < -0.39 is 23.9 Å². The number of pyridine rings is 1. The van der Waals surface area contributed by atoms with Crippen LogP contribution in [0.15, 0.2) is 35.8 Å². The SMILES string of the molecule is O=C(NC(C(=O)O)c1cccs1)c1ccc(F)nc1. The van der Waals surface area contributed by atoms with Crippen LogP contribution in [0.3, 0.4) is 0 Å². The summed E-state index contributed by atoms with van der Waals surface area (Å²) in [6.45, 7) is 0. The fourth-order valence-electron chi connectivity index (χ4n) is 1.43. The van der Waals surface area contributed by atoms with Crippen molar-refractivity contribution in [2.75, 3.05) is 0 Å². The van der Waals surface area contributed by atoms with Crippen LogP contribution >= 0.6 is 11.3 Å². The minimum atomic E-state index is -1.16. The number of aromatic nitrogens is 1. The Hall–Kier alpha value is -2.28. The van der Waals surface area contributed by atoms with Crippen LogP contribution in [0.5, 0.6) is 0 Å². The van der Waals surface area contributed by atoms with E-state index in [0.29, 0.717) is 4.88 Å². The summed E-state index contributed by atoms with van der Waals surface area (Å²) in [6, 6.07) is 4.47. The molecule has 98 valence electrons. The molecule has 1 atom stereocenters. The highest BCUT2D eigenvalue weighted by molar-refractivity contribution is 7.10. The molecular weight excluding hydrogens is 271 g/mol. The van der Waals surface area contributed by atoms with Gasteiger partial charge in [0.1, 0.15) is 0 Å². The van der Waals surface area contributed by atoms with Gasteiger partial charge in [0.25, 0.3) is 5.91 Å². The third-order valence-corrected chi connectivity index (χ3v) is 3.28. The Bertz CT molecular complexity index is 584. The summed E-state index contributed by atoms with van der Waals surface area (Å²) in [6.07, 6.45) is 1.05. The molecule has 0 saturated heterocycles. The summed E-state index contributed by atoms with van der Waals surface area (Å²) in [5.41, 5.74) is 0.101. The van der Waals surface area contributed by atoms with E-state index >= 15 is 0 Å². The Kier molecular flexibility index (Phi) is 3.86. The van der Waals surface area contributed by atoms with E-state index in [1.54, 1.807) is 17.5 Å². The van der Waals surface area contributed by atoms with Crippen LogP contribution in [0.25, 0.3) is 0 Å². The summed E-state index contributed by atoms with van der Waals surface area (Å²) in [5, 5.41) is 13.2. The molecule has 0 radical (unpaired) electrons. The zero-order valence-electron chi connectivity index (χ0n) is 9.54. The number of halogens is 1. The molecule has 0 aliphatic heterocycles. The van der Waals surface area contributed by atoms with Crippen LogP contribution in [-0.2, 0) is 4.79 Å². The molecule has 7 heteroatoms. The molecular formula is C12H9FN2O3S. The molecule has 0 spiro atoms. The average molecular weight is 280 g/mol. The highest BCUT2D eigenvalue weighted by Crippen LogP contribution is 2.19. The van der Waals surface area contributed by atoms with Gasteiger partial charge < -0.3 is 10.4 Å². The highest BCUT2D eigenvalue weighted by atomic mass is 32.1. The van der Waals surface area contributed by atoms with E-state index in [1.165, 1.54) is 17.4 Å². The minimum absolute atomic E-state index is 0.101. The molecule has 0 bridgehead atoms. The van der Waals surface area contributed by atoms with Crippen molar-refractivity contribution < 1.29 is 19.1 Å². The molecule has 0 aliphatic rings. The first-order chi connectivity index (χ1) is 9.08. The van der Waals surface area contributed by atoms with Crippen LogP contribution in [0, 0.1) is 5.95 Å². The minimum Gasteiger partial charge on any atom is -0.479 e. The molecule has 2 heterocycles. The molecule has 0 aliphatic carbocycles. The highest BCUT2D eigenvalue weighted by Gasteiger charge is 2.23. The molecule has 2 aromatic rings. The normalized spacial score (nSPS) is 11.8. The van der Waals surface area contributed by atoms with Gasteiger partial charge in [-0.15, -0.1) is 11.3 Å². The Labute approximate surface area is 111 Å². The van der Waals surface area contributed by atoms with Crippen LogP contribution < -0.4 is 5.32 Å². The maximum Gasteiger partial charge on any atom is 0.331 e. The fourth-order valence-corrected chi connectivity index (χ4v) is 2.20. The number of rotatable bonds is 4. The summed E-state index contributed by atoms with van der Waals surface area (Å²) < 4.78 is 12.6. The number of hydrogen-bond donors (Lipinski definition) is 2. The lowest BCUT2D eigenvalue weighted by atomic mass is 10.2. The lowest BCUT2D eigenvalue weighted by Gasteiger charge is -2.12. The Morgan fingerprint density at radius 3 is 2.68 bits per heavy atom. The number of nitrogens with zero attached hydrogens (tertiary/aromatic N) is 1. The van der Waals surface area contributed by atoms with E-state index in [0.717, 1.165) is 12.3 Å². The van der Waals surface area contributed by atoms with Crippen molar-refractivity contribution >= 4 is 23.2 Å². The van der Waals surface area contributed by atoms with Gasteiger partial charge in [-0.1, -0.05) is 6.07 Å². The van der Waals surface area contributed by atoms with Crippen molar-refractivity contribution in [3.05, 3.63) is 52.2 Å². The lowest BCUT2D eigenvalue weighted by molar-refractivity contribution is -0.139. The molecule has 0 saturated carbocycles. The number of carbonyl (C=O) groups excluding carboxylic acids is 1. The van der Waals surface area contributed by atoms with E-state index in [9.17, 15) is 14.0 Å². The molecule has 5 nitrogen and oxygen atoms in total. The van der Waals surface area contributed by atoms with Crippen molar-refractivity contribution in [2.24, 2.45) is 0 Å². The second-order valence-corrected chi connectivity index (χ2v) is 4.61. The molecule has 2 aromatic heterocycles. The molecule has 2 rings (SSSR count). The van der Waals surface area contributed by atoms with Gasteiger partial charge >= 0.3 is 5.97 Å². The summed E-state index contributed by atoms with van der Waals surface area (Å²) in [7, 11) is 0. The first kappa shape index (κ1) is 13.2. The molecule has 19 heavy (non-hydrogen) atoms. The predicted molar refractivity (Wildman–Crippen MR) is 66.4 cm³/mol. The standard InChI is InChI=1S/C12H9FN2O3S/c13-9-4-3-7(6-14-9)11(16)15-10(12(17)18)8-2-1-5-19-8/h1-6,10H,(H,15,16)(H,17,18).